The highest BCUT2D eigenvalue weighted by Crippen LogP contribution is 2.45. The van der Waals surface area contributed by atoms with Gasteiger partial charge in [-0.15, -0.1) is 0 Å². The number of hydrogen-bond donors (Lipinski definition) is 2. The standard InChI is InChI=1S/C15H19FN2O2S.C13H11F/c1-21-18-15(19)12-4-11(10-2-3-10)14(5-13(12)16)20-8-9-6-17-7-9;14-13-9-5-4-8-12(13)10-11-6-2-1-3-7-11/h4-5,9-10,17H,2-3,6-8H2,1H3,(H,18,19);1-9H,10H2. The van der Waals surface area contributed by atoms with Crippen LogP contribution in [0.3, 0.4) is 0 Å². The molecule has 1 saturated carbocycles. The first-order valence-electron chi connectivity index (χ1n) is 11.8. The van der Waals surface area contributed by atoms with Crippen molar-refractivity contribution >= 4 is 17.9 Å². The van der Waals surface area contributed by atoms with Gasteiger partial charge in [0.15, 0.2) is 0 Å². The summed E-state index contributed by atoms with van der Waals surface area (Å²) in [7, 11) is 0. The Bertz CT molecular complexity index is 1140. The number of ether oxygens (including phenoxy) is 1. The zero-order valence-electron chi connectivity index (χ0n) is 19.7. The van der Waals surface area contributed by atoms with Gasteiger partial charge in [-0.3, -0.25) is 9.52 Å². The monoisotopic (exact) mass is 496 g/mol. The van der Waals surface area contributed by atoms with E-state index in [0.29, 0.717) is 30.6 Å². The second-order valence-corrected chi connectivity index (χ2v) is 9.48. The number of hydrogen-bond acceptors (Lipinski definition) is 4. The zero-order chi connectivity index (χ0) is 24.6. The lowest BCUT2D eigenvalue weighted by Gasteiger charge is -2.27. The van der Waals surface area contributed by atoms with Crippen molar-refractivity contribution in [2.75, 3.05) is 26.0 Å². The molecule has 2 fully saturated rings. The van der Waals surface area contributed by atoms with Crippen molar-refractivity contribution in [3.8, 4) is 5.75 Å². The minimum absolute atomic E-state index is 0.101. The van der Waals surface area contributed by atoms with Crippen LogP contribution in [0.25, 0.3) is 0 Å². The van der Waals surface area contributed by atoms with Crippen molar-refractivity contribution in [1.82, 2.24) is 10.0 Å². The van der Waals surface area contributed by atoms with E-state index in [1.807, 2.05) is 42.5 Å². The molecule has 2 N–H and O–H groups in total. The van der Waals surface area contributed by atoms with Crippen molar-refractivity contribution < 1.29 is 18.3 Å². The van der Waals surface area contributed by atoms with Crippen LogP contribution in [0.2, 0.25) is 0 Å². The van der Waals surface area contributed by atoms with Crippen LogP contribution in [0.15, 0.2) is 66.7 Å². The van der Waals surface area contributed by atoms with Gasteiger partial charge >= 0.3 is 0 Å². The SMILES string of the molecule is CSNC(=O)c1cc(C2CC2)c(OCC2CNC2)cc1F.Fc1ccccc1Cc1ccccc1. The molecule has 1 aliphatic carbocycles. The van der Waals surface area contributed by atoms with Gasteiger partial charge in [-0.05, 0) is 47.6 Å². The first-order chi connectivity index (χ1) is 17.0. The van der Waals surface area contributed by atoms with Gasteiger partial charge < -0.3 is 10.1 Å². The van der Waals surface area contributed by atoms with Crippen molar-refractivity contribution in [1.29, 1.82) is 0 Å². The number of carbonyl (C=O) groups excluding carboxylic acids is 1. The molecule has 0 bridgehead atoms. The van der Waals surface area contributed by atoms with Crippen LogP contribution in [0.4, 0.5) is 8.78 Å². The predicted molar refractivity (Wildman–Crippen MR) is 137 cm³/mol. The molecular weight excluding hydrogens is 466 g/mol. The Morgan fingerprint density at radius 1 is 1.03 bits per heavy atom. The fourth-order valence-corrected chi connectivity index (χ4v) is 4.16. The highest BCUT2D eigenvalue weighted by atomic mass is 32.2. The van der Waals surface area contributed by atoms with E-state index in [1.165, 1.54) is 24.1 Å². The first kappa shape index (κ1) is 25.2. The maximum absolute atomic E-state index is 14.1. The Kier molecular flexibility index (Phi) is 8.77. The molecule has 0 spiro atoms. The smallest absolute Gasteiger partial charge is 0.264 e. The van der Waals surface area contributed by atoms with Crippen molar-refractivity contribution in [3.63, 3.8) is 0 Å². The molecule has 1 heterocycles. The van der Waals surface area contributed by atoms with Crippen LogP contribution in [0.5, 0.6) is 5.75 Å². The maximum atomic E-state index is 14.1. The molecule has 35 heavy (non-hydrogen) atoms. The van der Waals surface area contributed by atoms with Crippen molar-refractivity contribution in [2.24, 2.45) is 5.92 Å². The molecule has 184 valence electrons. The maximum Gasteiger partial charge on any atom is 0.264 e. The highest BCUT2D eigenvalue weighted by Gasteiger charge is 2.30. The number of rotatable bonds is 8. The molecule has 0 atom stereocenters. The van der Waals surface area contributed by atoms with Crippen LogP contribution in [0.1, 0.15) is 45.8 Å². The molecule has 3 aromatic carbocycles. The second kappa shape index (κ2) is 12.2. The molecular formula is C28H30F2N2O2S. The van der Waals surface area contributed by atoms with Crippen LogP contribution >= 0.6 is 11.9 Å². The van der Waals surface area contributed by atoms with Gasteiger partial charge in [0.05, 0.1) is 12.2 Å². The van der Waals surface area contributed by atoms with Gasteiger partial charge in [0, 0.05) is 37.8 Å². The summed E-state index contributed by atoms with van der Waals surface area (Å²) in [6, 6.07) is 19.8. The number of carbonyl (C=O) groups is 1. The lowest BCUT2D eigenvalue weighted by molar-refractivity contribution is 0.0980. The van der Waals surface area contributed by atoms with E-state index < -0.39 is 11.7 Å². The molecule has 1 aliphatic heterocycles. The summed E-state index contributed by atoms with van der Waals surface area (Å²) in [6.07, 6.45) is 4.56. The third kappa shape index (κ3) is 7.05. The second-order valence-electron chi connectivity index (χ2n) is 8.87. The molecule has 2 aliphatic rings. The molecule has 0 aromatic heterocycles. The summed E-state index contributed by atoms with van der Waals surface area (Å²) in [5.41, 5.74) is 2.95. The summed E-state index contributed by atoms with van der Waals surface area (Å²) in [5, 5.41) is 3.19. The van der Waals surface area contributed by atoms with E-state index in [1.54, 1.807) is 18.4 Å². The van der Waals surface area contributed by atoms with E-state index in [-0.39, 0.29) is 11.4 Å². The van der Waals surface area contributed by atoms with Gasteiger partial charge in [0.25, 0.3) is 5.91 Å². The number of benzene rings is 3. The Morgan fingerprint density at radius 3 is 2.37 bits per heavy atom. The number of amides is 1. The number of halogens is 2. The minimum atomic E-state index is -0.521. The quantitative estimate of drug-likeness (QED) is 0.392. The van der Waals surface area contributed by atoms with Crippen LogP contribution in [-0.2, 0) is 6.42 Å². The third-order valence-electron chi connectivity index (χ3n) is 6.09. The molecule has 5 rings (SSSR count). The molecule has 0 radical (unpaired) electrons. The Labute approximate surface area is 209 Å². The summed E-state index contributed by atoms with van der Waals surface area (Å²) in [6.45, 7) is 2.51. The van der Waals surface area contributed by atoms with Crippen LogP contribution in [-0.4, -0.2) is 31.9 Å². The molecule has 1 amide bonds. The molecule has 1 saturated heterocycles. The molecule has 4 nitrogen and oxygen atoms in total. The Balaban J connectivity index is 0.000000179. The first-order valence-corrected chi connectivity index (χ1v) is 13.0. The fraction of sp³-hybridized carbons (Fsp3) is 0.321. The summed E-state index contributed by atoms with van der Waals surface area (Å²) < 4.78 is 35.8. The van der Waals surface area contributed by atoms with Gasteiger partial charge in [-0.25, -0.2) is 8.78 Å². The predicted octanol–water partition coefficient (Wildman–Crippen LogP) is 5.73. The zero-order valence-corrected chi connectivity index (χ0v) is 20.5. The summed E-state index contributed by atoms with van der Waals surface area (Å²) in [5.74, 6) is 0.462. The van der Waals surface area contributed by atoms with Gasteiger partial charge in [-0.2, -0.15) is 0 Å². The third-order valence-corrected chi connectivity index (χ3v) is 6.48. The molecule has 3 aromatic rings. The van der Waals surface area contributed by atoms with E-state index in [2.05, 4.69) is 10.0 Å². The fourth-order valence-electron chi connectivity index (χ4n) is 3.86. The van der Waals surface area contributed by atoms with E-state index >= 15 is 0 Å². The lowest BCUT2D eigenvalue weighted by atomic mass is 10.0. The van der Waals surface area contributed by atoms with Gasteiger partial charge in [-0.1, -0.05) is 60.5 Å². The van der Waals surface area contributed by atoms with Crippen LogP contribution < -0.4 is 14.8 Å². The Hall–Kier alpha value is -2.90. The normalized spacial score (nSPS) is 14.9. The van der Waals surface area contributed by atoms with Crippen LogP contribution in [0, 0.1) is 17.6 Å². The van der Waals surface area contributed by atoms with E-state index in [4.69, 9.17) is 4.74 Å². The van der Waals surface area contributed by atoms with Crippen molar-refractivity contribution in [2.45, 2.75) is 25.2 Å². The summed E-state index contributed by atoms with van der Waals surface area (Å²) >= 11 is 1.17. The largest absolute Gasteiger partial charge is 0.493 e. The average Bonchev–Trinajstić information content (AvgIpc) is 3.66. The topological polar surface area (TPSA) is 50.4 Å². The molecule has 7 heteroatoms. The number of nitrogens with one attached hydrogen (secondary N) is 2. The average molecular weight is 497 g/mol. The van der Waals surface area contributed by atoms with Gasteiger partial charge in [0.2, 0.25) is 0 Å². The highest BCUT2D eigenvalue weighted by molar-refractivity contribution is 7.97. The van der Waals surface area contributed by atoms with E-state index in [0.717, 1.165) is 42.6 Å². The minimum Gasteiger partial charge on any atom is -0.493 e. The van der Waals surface area contributed by atoms with E-state index in [9.17, 15) is 13.6 Å². The summed E-state index contributed by atoms with van der Waals surface area (Å²) in [4.78, 5) is 11.9. The lowest BCUT2D eigenvalue weighted by Crippen LogP contribution is -2.45. The van der Waals surface area contributed by atoms with Crippen molar-refractivity contribution in [3.05, 3.63) is 101 Å². The van der Waals surface area contributed by atoms with Gasteiger partial charge in [0.1, 0.15) is 17.4 Å². The Morgan fingerprint density at radius 2 is 1.74 bits per heavy atom. The molecule has 0 unspecified atom stereocenters.